The Bertz CT molecular complexity index is 740. The van der Waals surface area contributed by atoms with Gasteiger partial charge >= 0.3 is 6.18 Å². The van der Waals surface area contributed by atoms with Crippen LogP contribution in [0.15, 0.2) is 42.6 Å². The summed E-state index contributed by atoms with van der Waals surface area (Å²) in [6.07, 6.45) is -1.39. The van der Waals surface area contributed by atoms with E-state index in [4.69, 9.17) is 0 Å². The van der Waals surface area contributed by atoms with Gasteiger partial charge in [-0.05, 0) is 37.7 Å². The molecule has 1 aromatic carbocycles. The SMILES string of the molecule is CN1CC2CC1CN2c1ccc(-c2cccc(C(F)(F)F)c2)nc1. The summed E-state index contributed by atoms with van der Waals surface area (Å²) in [5, 5.41) is 0. The molecule has 2 bridgehead atoms. The zero-order chi connectivity index (χ0) is 16.9. The van der Waals surface area contributed by atoms with Gasteiger partial charge in [0.1, 0.15) is 0 Å². The zero-order valence-corrected chi connectivity index (χ0v) is 13.3. The van der Waals surface area contributed by atoms with E-state index in [1.54, 1.807) is 18.3 Å². The monoisotopic (exact) mass is 333 g/mol. The van der Waals surface area contributed by atoms with Crippen LogP contribution >= 0.6 is 0 Å². The summed E-state index contributed by atoms with van der Waals surface area (Å²) in [4.78, 5) is 9.13. The number of pyridine rings is 1. The Morgan fingerprint density at radius 1 is 1.08 bits per heavy atom. The molecule has 0 amide bonds. The lowest BCUT2D eigenvalue weighted by Crippen LogP contribution is -2.44. The van der Waals surface area contributed by atoms with Crippen LogP contribution in [-0.4, -0.2) is 42.1 Å². The minimum absolute atomic E-state index is 0.485. The molecule has 1 aromatic heterocycles. The molecule has 0 N–H and O–H groups in total. The van der Waals surface area contributed by atoms with Gasteiger partial charge in [-0.2, -0.15) is 13.2 Å². The first-order valence-corrected chi connectivity index (χ1v) is 8.02. The van der Waals surface area contributed by atoms with E-state index in [-0.39, 0.29) is 0 Å². The standard InChI is InChI=1S/C18H18F3N3/c1-23-10-16-8-15(23)11-24(16)14-5-6-17(22-9-14)12-3-2-4-13(7-12)18(19,20)21/h2-7,9,15-16H,8,10-11H2,1H3. The molecule has 24 heavy (non-hydrogen) atoms. The number of benzene rings is 1. The van der Waals surface area contributed by atoms with Crippen molar-refractivity contribution in [3.8, 4) is 11.3 Å². The van der Waals surface area contributed by atoms with Gasteiger partial charge in [0, 0.05) is 30.7 Å². The molecule has 4 rings (SSSR count). The number of hydrogen-bond acceptors (Lipinski definition) is 3. The quantitative estimate of drug-likeness (QED) is 0.836. The van der Waals surface area contributed by atoms with Gasteiger partial charge in [-0.15, -0.1) is 0 Å². The molecule has 2 fully saturated rings. The molecule has 6 heteroatoms. The third kappa shape index (κ3) is 2.65. The van der Waals surface area contributed by atoms with Crippen LogP contribution in [0.1, 0.15) is 12.0 Å². The average Bonchev–Trinajstić information content (AvgIpc) is 3.14. The summed E-state index contributed by atoms with van der Waals surface area (Å²) in [5.41, 5.74) is 1.45. The second-order valence-electron chi connectivity index (χ2n) is 6.62. The molecule has 0 saturated carbocycles. The van der Waals surface area contributed by atoms with Crippen molar-refractivity contribution in [3.05, 3.63) is 48.2 Å². The molecule has 2 atom stereocenters. The van der Waals surface area contributed by atoms with Crippen molar-refractivity contribution >= 4 is 5.69 Å². The van der Waals surface area contributed by atoms with Gasteiger partial charge in [0.05, 0.1) is 23.1 Å². The summed E-state index contributed by atoms with van der Waals surface area (Å²) in [7, 11) is 2.15. The Hall–Kier alpha value is -2.08. The largest absolute Gasteiger partial charge is 0.416 e. The van der Waals surface area contributed by atoms with Crippen molar-refractivity contribution in [3.63, 3.8) is 0 Å². The molecule has 3 heterocycles. The van der Waals surface area contributed by atoms with E-state index in [9.17, 15) is 13.2 Å². The highest BCUT2D eigenvalue weighted by molar-refractivity contribution is 5.63. The predicted molar refractivity (Wildman–Crippen MR) is 86.8 cm³/mol. The lowest BCUT2D eigenvalue weighted by atomic mass is 10.1. The van der Waals surface area contributed by atoms with E-state index in [1.165, 1.54) is 12.5 Å². The van der Waals surface area contributed by atoms with E-state index >= 15 is 0 Å². The Balaban J connectivity index is 1.57. The Morgan fingerprint density at radius 3 is 2.50 bits per heavy atom. The van der Waals surface area contributed by atoms with E-state index in [0.717, 1.165) is 30.9 Å². The lowest BCUT2D eigenvalue weighted by Gasteiger charge is -2.33. The normalized spacial score (nSPS) is 23.9. The average molecular weight is 333 g/mol. The van der Waals surface area contributed by atoms with E-state index in [2.05, 4.69) is 21.8 Å². The molecule has 2 aromatic rings. The number of halogens is 3. The van der Waals surface area contributed by atoms with Crippen molar-refractivity contribution in [1.29, 1.82) is 0 Å². The summed E-state index contributed by atoms with van der Waals surface area (Å²) in [6, 6.07) is 10.2. The van der Waals surface area contributed by atoms with Crippen LogP contribution in [0.4, 0.5) is 18.9 Å². The number of fused-ring (bicyclic) bond motifs is 2. The number of likely N-dealkylation sites (N-methyl/N-ethyl adjacent to an activating group) is 1. The van der Waals surface area contributed by atoms with Crippen molar-refractivity contribution < 1.29 is 13.2 Å². The van der Waals surface area contributed by atoms with Gasteiger partial charge in [0.2, 0.25) is 0 Å². The fourth-order valence-corrected chi connectivity index (χ4v) is 3.76. The first-order chi connectivity index (χ1) is 11.4. The summed E-state index contributed by atoms with van der Waals surface area (Å²) >= 11 is 0. The highest BCUT2D eigenvalue weighted by Crippen LogP contribution is 2.35. The molecule has 0 aliphatic carbocycles. The fourth-order valence-electron chi connectivity index (χ4n) is 3.76. The summed E-state index contributed by atoms with van der Waals surface area (Å²) in [6.45, 7) is 2.05. The van der Waals surface area contributed by atoms with Crippen LogP contribution < -0.4 is 4.90 Å². The third-order valence-electron chi connectivity index (χ3n) is 5.08. The minimum Gasteiger partial charge on any atom is -0.364 e. The highest BCUT2D eigenvalue weighted by atomic mass is 19.4. The van der Waals surface area contributed by atoms with E-state index in [1.807, 2.05) is 6.07 Å². The molecule has 0 radical (unpaired) electrons. The molecule has 2 aliphatic rings. The molecule has 3 nitrogen and oxygen atoms in total. The molecular weight excluding hydrogens is 315 g/mol. The first kappa shape index (κ1) is 15.4. The lowest BCUT2D eigenvalue weighted by molar-refractivity contribution is -0.137. The fraction of sp³-hybridized carbons (Fsp3) is 0.389. The van der Waals surface area contributed by atoms with Crippen LogP contribution in [0.3, 0.4) is 0 Å². The van der Waals surface area contributed by atoms with Crippen LogP contribution in [0.2, 0.25) is 0 Å². The number of hydrogen-bond donors (Lipinski definition) is 0. The van der Waals surface area contributed by atoms with Crippen molar-refractivity contribution in [2.24, 2.45) is 0 Å². The zero-order valence-electron chi connectivity index (χ0n) is 13.3. The highest BCUT2D eigenvalue weighted by Gasteiger charge is 2.41. The number of likely N-dealkylation sites (tertiary alicyclic amines) is 1. The minimum atomic E-state index is -4.34. The van der Waals surface area contributed by atoms with Crippen LogP contribution in [-0.2, 0) is 6.18 Å². The number of piperazine rings is 1. The van der Waals surface area contributed by atoms with Gasteiger partial charge in [-0.25, -0.2) is 0 Å². The van der Waals surface area contributed by atoms with E-state index < -0.39 is 11.7 Å². The number of aromatic nitrogens is 1. The first-order valence-electron chi connectivity index (χ1n) is 8.02. The number of alkyl halides is 3. The van der Waals surface area contributed by atoms with Gasteiger partial charge < -0.3 is 4.90 Å². The second kappa shape index (κ2) is 5.48. The van der Waals surface area contributed by atoms with Gasteiger partial charge in [0.25, 0.3) is 0 Å². The second-order valence-corrected chi connectivity index (χ2v) is 6.62. The van der Waals surface area contributed by atoms with Crippen molar-refractivity contribution in [1.82, 2.24) is 9.88 Å². The maximum atomic E-state index is 12.8. The molecular formula is C18H18F3N3. The maximum absolute atomic E-state index is 12.8. The Morgan fingerprint density at radius 2 is 1.92 bits per heavy atom. The topological polar surface area (TPSA) is 19.4 Å². The number of rotatable bonds is 2. The van der Waals surface area contributed by atoms with Crippen LogP contribution in [0, 0.1) is 0 Å². The Kier molecular flexibility index (Phi) is 3.53. The van der Waals surface area contributed by atoms with Crippen molar-refractivity contribution in [2.75, 3.05) is 25.0 Å². The summed E-state index contributed by atoms with van der Waals surface area (Å²) < 4.78 is 38.5. The molecule has 2 saturated heterocycles. The third-order valence-corrected chi connectivity index (χ3v) is 5.08. The van der Waals surface area contributed by atoms with Gasteiger partial charge in [0.15, 0.2) is 0 Å². The van der Waals surface area contributed by atoms with Gasteiger partial charge in [-0.3, -0.25) is 9.88 Å². The van der Waals surface area contributed by atoms with E-state index in [0.29, 0.717) is 23.3 Å². The van der Waals surface area contributed by atoms with Gasteiger partial charge in [-0.1, -0.05) is 12.1 Å². The predicted octanol–water partition coefficient (Wildman–Crippen LogP) is 3.66. The maximum Gasteiger partial charge on any atom is 0.416 e. The van der Waals surface area contributed by atoms with Crippen LogP contribution in [0.25, 0.3) is 11.3 Å². The van der Waals surface area contributed by atoms with Crippen molar-refractivity contribution in [2.45, 2.75) is 24.7 Å². The summed E-state index contributed by atoms with van der Waals surface area (Å²) in [5.74, 6) is 0. The smallest absolute Gasteiger partial charge is 0.364 e. The molecule has 2 unspecified atom stereocenters. The molecule has 2 aliphatic heterocycles. The number of anilines is 1. The number of nitrogens with zero attached hydrogens (tertiary/aromatic N) is 3. The Labute approximate surface area is 138 Å². The van der Waals surface area contributed by atoms with Crippen LogP contribution in [0.5, 0.6) is 0 Å². The molecule has 126 valence electrons. The molecule has 0 spiro atoms.